The third-order valence-corrected chi connectivity index (χ3v) is 5.34. The Bertz CT molecular complexity index is 679. The summed E-state index contributed by atoms with van der Waals surface area (Å²) >= 11 is 0. The van der Waals surface area contributed by atoms with E-state index in [4.69, 9.17) is 4.74 Å². The van der Waals surface area contributed by atoms with Crippen molar-refractivity contribution in [3.63, 3.8) is 0 Å². The first kappa shape index (κ1) is 20.3. The molecule has 3 heteroatoms. The van der Waals surface area contributed by atoms with Gasteiger partial charge < -0.3 is 14.5 Å². The topological polar surface area (TPSA) is 15.7 Å². The molecule has 0 aromatic heterocycles. The Hall–Kier alpha value is -2.00. The van der Waals surface area contributed by atoms with Crippen molar-refractivity contribution in [3.05, 3.63) is 59.7 Å². The molecule has 3 nitrogen and oxygen atoms in total. The smallest absolute Gasteiger partial charge is 0.120 e. The van der Waals surface area contributed by atoms with Crippen LogP contribution in [-0.2, 0) is 13.0 Å². The van der Waals surface area contributed by atoms with E-state index < -0.39 is 0 Å². The molecule has 0 saturated carbocycles. The van der Waals surface area contributed by atoms with Crippen LogP contribution in [0.3, 0.4) is 0 Å². The molecule has 0 unspecified atom stereocenters. The fraction of sp³-hybridized carbons (Fsp3) is 0.478. The normalized spacial score (nSPS) is 11.7. The summed E-state index contributed by atoms with van der Waals surface area (Å²) in [6.45, 7) is 12.0. The number of hydrogen-bond acceptors (Lipinski definition) is 3. The molecule has 2 aromatic rings. The maximum Gasteiger partial charge on any atom is 0.120 e. The van der Waals surface area contributed by atoms with Crippen LogP contribution in [0.4, 0.5) is 5.69 Å². The molecule has 0 atom stereocenters. The summed E-state index contributed by atoms with van der Waals surface area (Å²) in [6, 6.07) is 17.4. The van der Waals surface area contributed by atoms with Crippen LogP contribution in [0.5, 0.6) is 5.75 Å². The van der Waals surface area contributed by atoms with Gasteiger partial charge in [0.05, 0.1) is 7.11 Å². The molecule has 0 aliphatic rings. The minimum Gasteiger partial charge on any atom is -0.497 e. The minimum absolute atomic E-state index is 0.173. The molecule has 0 N–H and O–H groups in total. The van der Waals surface area contributed by atoms with E-state index in [2.05, 4.69) is 80.9 Å². The van der Waals surface area contributed by atoms with Gasteiger partial charge >= 0.3 is 0 Å². The highest BCUT2D eigenvalue weighted by Crippen LogP contribution is 2.23. The Labute approximate surface area is 159 Å². The summed E-state index contributed by atoms with van der Waals surface area (Å²) in [5, 5.41) is 0. The van der Waals surface area contributed by atoms with Crippen LogP contribution in [-0.4, -0.2) is 37.7 Å². The maximum absolute atomic E-state index is 5.36. The summed E-state index contributed by atoms with van der Waals surface area (Å²) in [7, 11) is 3.91. The zero-order chi connectivity index (χ0) is 19.2. The minimum atomic E-state index is 0.173. The van der Waals surface area contributed by atoms with Crippen molar-refractivity contribution >= 4 is 5.69 Å². The van der Waals surface area contributed by atoms with Crippen LogP contribution < -0.4 is 9.64 Å². The van der Waals surface area contributed by atoms with Crippen molar-refractivity contribution < 1.29 is 4.74 Å². The van der Waals surface area contributed by atoms with Gasteiger partial charge in [0.2, 0.25) is 0 Å². The van der Waals surface area contributed by atoms with Crippen LogP contribution >= 0.6 is 0 Å². The molecular formula is C23H34N2O. The van der Waals surface area contributed by atoms with Gasteiger partial charge in [0.15, 0.2) is 0 Å². The number of hydrogen-bond donors (Lipinski definition) is 0. The van der Waals surface area contributed by atoms with E-state index >= 15 is 0 Å². The highest BCUT2D eigenvalue weighted by atomic mass is 16.5. The second kappa shape index (κ2) is 9.09. The van der Waals surface area contributed by atoms with Crippen molar-refractivity contribution in [2.75, 3.05) is 32.1 Å². The molecule has 0 fully saturated rings. The number of likely N-dealkylation sites (N-methyl/N-ethyl adjacent to an activating group) is 1. The summed E-state index contributed by atoms with van der Waals surface area (Å²) in [4.78, 5) is 4.77. The Kier molecular flexibility index (Phi) is 7.10. The standard InChI is InChI=1S/C23H34N2O/c1-7-24(5)23(3,4)17-19-12-14-20(15-13-19)18-25(8-2)21-10-9-11-22(16-21)26-6/h9-16H,7-8,17-18H2,1-6H3. The maximum atomic E-state index is 5.36. The van der Waals surface area contributed by atoms with E-state index in [1.807, 2.05) is 12.1 Å². The van der Waals surface area contributed by atoms with Crippen molar-refractivity contribution in [1.29, 1.82) is 0 Å². The lowest BCUT2D eigenvalue weighted by Crippen LogP contribution is -2.42. The average Bonchev–Trinajstić information content (AvgIpc) is 2.66. The van der Waals surface area contributed by atoms with Crippen molar-refractivity contribution in [1.82, 2.24) is 4.90 Å². The molecule has 0 amide bonds. The molecule has 0 heterocycles. The van der Waals surface area contributed by atoms with Crippen LogP contribution in [0.25, 0.3) is 0 Å². The quantitative estimate of drug-likeness (QED) is 0.630. The predicted molar refractivity (Wildman–Crippen MR) is 112 cm³/mol. The molecule has 0 spiro atoms. The highest BCUT2D eigenvalue weighted by Gasteiger charge is 2.22. The Morgan fingerprint density at radius 1 is 0.923 bits per heavy atom. The third-order valence-electron chi connectivity index (χ3n) is 5.34. The van der Waals surface area contributed by atoms with Gasteiger partial charge in [-0.25, -0.2) is 0 Å². The van der Waals surface area contributed by atoms with E-state index in [0.717, 1.165) is 31.8 Å². The largest absolute Gasteiger partial charge is 0.497 e. The number of methoxy groups -OCH3 is 1. The third kappa shape index (κ3) is 5.25. The predicted octanol–water partition coefficient (Wildman–Crippen LogP) is 4.99. The van der Waals surface area contributed by atoms with Crippen LogP contribution in [0.15, 0.2) is 48.5 Å². The Morgan fingerprint density at radius 3 is 2.15 bits per heavy atom. The molecule has 2 aromatic carbocycles. The lowest BCUT2D eigenvalue weighted by atomic mass is 9.93. The van der Waals surface area contributed by atoms with E-state index in [-0.39, 0.29) is 5.54 Å². The van der Waals surface area contributed by atoms with Crippen LogP contribution in [0.1, 0.15) is 38.8 Å². The first-order valence-corrected chi connectivity index (χ1v) is 9.57. The van der Waals surface area contributed by atoms with Crippen LogP contribution in [0, 0.1) is 0 Å². The molecule has 2 rings (SSSR count). The fourth-order valence-corrected chi connectivity index (χ4v) is 3.24. The number of benzene rings is 2. The van der Waals surface area contributed by atoms with Gasteiger partial charge in [-0.3, -0.25) is 0 Å². The molecule has 0 aliphatic carbocycles. The van der Waals surface area contributed by atoms with E-state index in [1.165, 1.54) is 16.8 Å². The lowest BCUT2D eigenvalue weighted by Gasteiger charge is -2.35. The molecule has 142 valence electrons. The van der Waals surface area contributed by atoms with Gasteiger partial charge in [-0.2, -0.15) is 0 Å². The van der Waals surface area contributed by atoms with E-state index in [9.17, 15) is 0 Å². The lowest BCUT2D eigenvalue weighted by molar-refractivity contribution is 0.164. The van der Waals surface area contributed by atoms with Crippen LogP contribution in [0.2, 0.25) is 0 Å². The first-order chi connectivity index (χ1) is 12.4. The van der Waals surface area contributed by atoms with Gasteiger partial charge in [-0.1, -0.05) is 37.3 Å². The number of nitrogens with zero attached hydrogens (tertiary/aromatic N) is 2. The van der Waals surface area contributed by atoms with Gasteiger partial charge in [-0.15, -0.1) is 0 Å². The molecular weight excluding hydrogens is 320 g/mol. The molecule has 0 bridgehead atoms. The second-order valence-corrected chi connectivity index (χ2v) is 7.54. The highest BCUT2D eigenvalue weighted by molar-refractivity contribution is 5.51. The van der Waals surface area contributed by atoms with Gasteiger partial charge in [0.1, 0.15) is 5.75 Å². The van der Waals surface area contributed by atoms with Gasteiger partial charge in [0, 0.05) is 30.4 Å². The Morgan fingerprint density at radius 2 is 1.58 bits per heavy atom. The SMILES string of the molecule is CCN(Cc1ccc(CC(C)(C)N(C)CC)cc1)c1cccc(OC)c1. The summed E-state index contributed by atoms with van der Waals surface area (Å²) < 4.78 is 5.36. The number of ether oxygens (including phenoxy) is 1. The zero-order valence-corrected chi connectivity index (χ0v) is 17.2. The molecule has 0 saturated heterocycles. The number of anilines is 1. The van der Waals surface area contributed by atoms with E-state index in [0.29, 0.717) is 0 Å². The van der Waals surface area contributed by atoms with Gasteiger partial charge in [-0.05, 0) is 64.0 Å². The van der Waals surface area contributed by atoms with Crippen molar-refractivity contribution in [2.24, 2.45) is 0 Å². The molecule has 26 heavy (non-hydrogen) atoms. The van der Waals surface area contributed by atoms with Crippen molar-refractivity contribution in [3.8, 4) is 5.75 Å². The van der Waals surface area contributed by atoms with Gasteiger partial charge in [0.25, 0.3) is 0 Å². The van der Waals surface area contributed by atoms with Crippen molar-refractivity contribution in [2.45, 2.75) is 46.2 Å². The molecule has 0 aliphatic heterocycles. The number of rotatable bonds is 9. The summed E-state index contributed by atoms with van der Waals surface area (Å²) in [5.74, 6) is 0.901. The Balaban J connectivity index is 2.07. The average molecular weight is 355 g/mol. The molecule has 0 radical (unpaired) electrons. The first-order valence-electron chi connectivity index (χ1n) is 9.57. The fourth-order valence-electron chi connectivity index (χ4n) is 3.24. The summed E-state index contributed by atoms with van der Waals surface area (Å²) in [6.07, 6.45) is 1.06. The second-order valence-electron chi connectivity index (χ2n) is 7.54. The monoisotopic (exact) mass is 354 g/mol. The van der Waals surface area contributed by atoms with E-state index in [1.54, 1.807) is 7.11 Å². The zero-order valence-electron chi connectivity index (χ0n) is 17.2. The summed E-state index contributed by atoms with van der Waals surface area (Å²) in [5.41, 5.74) is 4.09.